The molecule has 0 bridgehead atoms. The van der Waals surface area contributed by atoms with Crippen LogP contribution in [0.2, 0.25) is 0 Å². The van der Waals surface area contributed by atoms with Gasteiger partial charge in [0.15, 0.2) is 0 Å². The van der Waals surface area contributed by atoms with Gasteiger partial charge in [-0.05, 0) is 44.3 Å². The van der Waals surface area contributed by atoms with E-state index in [2.05, 4.69) is 18.7 Å². The molecule has 2 N–H and O–H groups in total. The molecule has 0 aromatic carbocycles. The number of hydrogen-bond donors (Lipinski definition) is 1. The van der Waals surface area contributed by atoms with Crippen LogP contribution in [-0.4, -0.2) is 67.7 Å². The molecule has 1 atom stereocenters. The molecular formula is C19H39Cl2N3O2. The SMILES string of the molecule is CCN(CC)CCOC1CCN(C(=O)CC2(CN)CCCCC2)C1.Cl.Cl. The molecule has 26 heavy (non-hydrogen) atoms. The molecule has 7 heteroatoms. The van der Waals surface area contributed by atoms with E-state index in [0.717, 1.165) is 58.6 Å². The highest BCUT2D eigenvalue weighted by atomic mass is 35.5. The molecule has 1 saturated carbocycles. The summed E-state index contributed by atoms with van der Waals surface area (Å²) in [7, 11) is 0. The molecule has 5 nitrogen and oxygen atoms in total. The first-order valence-corrected chi connectivity index (χ1v) is 9.94. The summed E-state index contributed by atoms with van der Waals surface area (Å²) in [6, 6.07) is 0. The van der Waals surface area contributed by atoms with E-state index < -0.39 is 0 Å². The molecule has 0 radical (unpaired) electrons. The Kier molecular flexibility index (Phi) is 13.1. The Morgan fingerprint density at radius 3 is 2.42 bits per heavy atom. The van der Waals surface area contributed by atoms with Gasteiger partial charge in [-0.3, -0.25) is 4.79 Å². The van der Waals surface area contributed by atoms with Gasteiger partial charge in [0.05, 0.1) is 12.7 Å². The quantitative estimate of drug-likeness (QED) is 0.632. The molecule has 0 spiro atoms. The maximum atomic E-state index is 12.7. The zero-order chi connectivity index (χ0) is 17.4. The van der Waals surface area contributed by atoms with E-state index in [1.54, 1.807) is 0 Å². The second-order valence-corrected chi connectivity index (χ2v) is 7.59. The van der Waals surface area contributed by atoms with Crippen molar-refractivity contribution in [2.75, 3.05) is 45.9 Å². The molecule has 2 fully saturated rings. The smallest absolute Gasteiger partial charge is 0.223 e. The van der Waals surface area contributed by atoms with E-state index in [9.17, 15) is 4.79 Å². The van der Waals surface area contributed by atoms with Gasteiger partial charge < -0.3 is 20.3 Å². The molecule has 0 aromatic heterocycles. The van der Waals surface area contributed by atoms with Crippen molar-refractivity contribution < 1.29 is 9.53 Å². The summed E-state index contributed by atoms with van der Waals surface area (Å²) in [6.07, 6.45) is 7.80. The molecule has 1 aliphatic carbocycles. The fourth-order valence-corrected chi connectivity index (χ4v) is 4.17. The van der Waals surface area contributed by atoms with Crippen molar-refractivity contribution in [2.45, 2.75) is 64.9 Å². The third-order valence-corrected chi connectivity index (χ3v) is 6.03. The van der Waals surface area contributed by atoms with Gasteiger partial charge in [-0.25, -0.2) is 0 Å². The van der Waals surface area contributed by atoms with Gasteiger partial charge in [-0.2, -0.15) is 0 Å². The van der Waals surface area contributed by atoms with Gasteiger partial charge in [-0.15, -0.1) is 24.8 Å². The average molecular weight is 412 g/mol. The highest BCUT2D eigenvalue weighted by Gasteiger charge is 2.36. The number of carbonyl (C=O) groups excluding carboxylic acids is 1. The number of ether oxygens (including phenoxy) is 1. The molecule has 1 amide bonds. The molecule has 1 heterocycles. The van der Waals surface area contributed by atoms with Crippen LogP contribution >= 0.6 is 24.8 Å². The first-order chi connectivity index (χ1) is 11.6. The van der Waals surface area contributed by atoms with Gasteiger partial charge in [0, 0.05) is 26.1 Å². The Morgan fingerprint density at radius 1 is 1.19 bits per heavy atom. The third kappa shape index (κ3) is 7.51. The number of hydrogen-bond acceptors (Lipinski definition) is 4. The summed E-state index contributed by atoms with van der Waals surface area (Å²) in [5.41, 5.74) is 6.10. The largest absolute Gasteiger partial charge is 0.375 e. The molecule has 1 saturated heterocycles. The van der Waals surface area contributed by atoms with Gasteiger partial charge in [-0.1, -0.05) is 33.1 Å². The van der Waals surface area contributed by atoms with E-state index >= 15 is 0 Å². The minimum atomic E-state index is 0. The lowest BCUT2D eigenvalue weighted by Gasteiger charge is -2.36. The van der Waals surface area contributed by atoms with Crippen LogP contribution in [0.25, 0.3) is 0 Å². The summed E-state index contributed by atoms with van der Waals surface area (Å²) in [4.78, 5) is 17.1. The van der Waals surface area contributed by atoms with Crippen LogP contribution in [0.5, 0.6) is 0 Å². The first kappa shape index (κ1) is 25.9. The second-order valence-electron chi connectivity index (χ2n) is 7.59. The Bertz CT molecular complexity index is 389. The van der Waals surface area contributed by atoms with Crippen molar-refractivity contribution in [3.8, 4) is 0 Å². The van der Waals surface area contributed by atoms with Gasteiger partial charge in [0.1, 0.15) is 0 Å². The molecule has 1 unspecified atom stereocenters. The minimum Gasteiger partial charge on any atom is -0.375 e. The van der Waals surface area contributed by atoms with Crippen LogP contribution in [0.15, 0.2) is 0 Å². The number of halogens is 2. The number of carbonyl (C=O) groups is 1. The fourth-order valence-electron chi connectivity index (χ4n) is 4.17. The zero-order valence-corrected chi connectivity index (χ0v) is 18.2. The minimum absolute atomic E-state index is 0. The molecule has 1 aliphatic heterocycles. The lowest BCUT2D eigenvalue weighted by molar-refractivity contribution is -0.133. The highest BCUT2D eigenvalue weighted by molar-refractivity contribution is 5.85. The number of rotatable bonds is 9. The van der Waals surface area contributed by atoms with Crippen molar-refractivity contribution in [3.63, 3.8) is 0 Å². The molecule has 156 valence electrons. The van der Waals surface area contributed by atoms with Gasteiger partial charge in [0.25, 0.3) is 0 Å². The van der Waals surface area contributed by atoms with E-state index in [-0.39, 0.29) is 42.2 Å². The Morgan fingerprint density at radius 2 is 1.85 bits per heavy atom. The number of likely N-dealkylation sites (N-methyl/N-ethyl adjacent to an activating group) is 1. The van der Waals surface area contributed by atoms with E-state index in [1.807, 2.05) is 4.90 Å². The maximum absolute atomic E-state index is 12.7. The second kappa shape index (κ2) is 13.2. The number of nitrogens with two attached hydrogens (primary N) is 1. The first-order valence-electron chi connectivity index (χ1n) is 9.94. The van der Waals surface area contributed by atoms with Crippen LogP contribution in [0.3, 0.4) is 0 Å². The van der Waals surface area contributed by atoms with Crippen LogP contribution < -0.4 is 5.73 Å². The monoisotopic (exact) mass is 411 g/mol. The highest BCUT2D eigenvalue weighted by Crippen LogP contribution is 2.39. The average Bonchev–Trinajstić information content (AvgIpc) is 3.08. The van der Waals surface area contributed by atoms with Crippen molar-refractivity contribution in [1.82, 2.24) is 9.80 Å². The van der Waals surface area contributed by atoms with Gasteiger partial charge >= 0.3 is 0 Å². The van der Waals surface area contributed by atoms with Crippen LogP contribution in [0.4, 0.5) is 0 Å². The molecule has 2 aliphatic rings. The Balaban J connectivity index is 0.00000312. The molecule has 2 rings (SSSR count). The fraction of sp³-hybridized carbons (Fsp3) is 0.947. The van der Waals surface area contributed by atoms with Crippen LogP contribution in [0, 0.1) is 5.41 Å². The Hall–Kier alpha value is -0.0700. The summed E-state index contributed by atoms with van der Waals surface area (Å²) in [5.74, 6) is 0.289. The summed E-state index contributed by atoms with van der Waals surface area (Å²) in [5, 5.41) is 0. The number of nitrogens with zero attached hydrogens (tertiary/aromatic N) is 2. The standard InChI is InChI=1S/C19H37N3O2.2ClH/c1-3-21(4-2)12-13-24-17-8-11-22(15-17)18(23)14-19(16-20)9-6-5-7-10-19;;/h17H,3-16,20H2,1-2H3;2*1H. The van der Waals surface area contributed by atoms with E-state index in [0.29, 0.717) is 13.0 Å². The van der Waals surface area contributed by atoms with Gasteiger partial charge in [0.2, 0.25) is 5.91 Å². The van der Waals surface area contributed by atoms with E-state index in [1.165, 1.54) is 19.3 Å². The lowest BCUT2D eigenvalue weighted by atomic mass is 9.71. The van der Waals surface area contributed by atoms with Crippen molar-refractivity contribution in [2.24, 2.45) is 11.1 Å². The molecular weight excluding hydrogens is 373 g/mol. The Labute approximate surface area is 172 Å². The predicted molar refractivity (Wildman–Crippen MR) is 112 cm³/mol. The third-order valence-electron chi connectivity index (χ3n) is 6.03. The normalized spacial score (nSPS) is 22.0. The van der Waals surface area contributed by atoms with Crippen molar-refractivity contribution >= 4 is 30.7 Å². The van der Waals surface area contributed by atoms with E-state index in [4.69, 9.17) is 10.5 Å². The maximum Gasteiger partial charge on any atom is 0.223 e. The summed E-state index contributed by atoms with van der Waals surface area (Å²) >= 11 is 0. The van der Waals surface area contributed by atoms with Crippen LogP contribution in [0.1, 0.15) is 58.8 Å². The van der Waals surface area contributed by atoms with Crippen LogP contribution in [-0.2, 0) is 9.53 Å². The van der Waals surface area contributed by atoms with Crippen molar-refractivity contribution in [1.29, 1.82) is 0 Å². The zero-order valence-electron chi connectivity index (χ0n) is 16.6. The number of amides is 1. The van der Waals surface area contributed by atoms with Crippen molar-refractivity contribution in [3.05, 3.63) is 0 Å². The summed E-state index contributed by atoms with van der Waals surface area (Å²) in [6.45, 7) is 10.5. The lowest BCUT2D eigenvalue weighted by Crippen LogP contribution is -2.40. The predicted octanol–water partition coefficient (Wildman–Crippen LogP) is 3.09. The topological polar surface area (TPSA) is 58.8 Å². The summed E-state index contributed by atoms with van der Waals surface area (Å²) < 4.78 is 6.00. The number of likely N-dealkylation sites (tertiary alicyclic amines) is 1. The molecule has 0 aromatic rings.